The number of piperidine rings is 1. The van der Waals surface area contributed by atoms with Crippen LogP contribution in [0.15, 0.2) is 0 Å². The number of halogens is 1. The SMILES string of the molecule is C[C@@H]1C[C@@]2(CNCCCF)C[C@H]2N1C(C)(C)C. The average Bonchev–Trinajstić information content (AvgIpc) is 2.77. The first-order valence-corrected chi connectivity index (χ1v) is 6.96. The molecule has 0 radical (unpaired) electrons. The average molecular weight is 242 g/mol. The van der Waals surface area contributed by atoms with Gasteiger partial charge in [-0.15, -0.1) is 0 Å². The summed E-state index contributed by atoms with van der Waals surface area (Å²) in [6.45, 7) is 11.0. The maximum atomic E-state index is 12.0. The van der Waals surface area contributed by atoms with E-state index in [-0.39, 0.29) is 12.2 Å². The lowest BCUT2D eigenvalue weighted by Crippen LogP contribution is -2.45. The van der Waals surface area contributed by atoms with Gasteiger partial charge < -0.3 is 5.32 Å². The number of fused-ring (bicyclic) bond motifs is 1. The maximum Gasteiger partial charge on any atom is 0.0906 e. The lowest BCUT2D eigenvalue weighted by molar-refractivity contribution is 0.104. The number of likely N-dealkylation sites (tertiary alicyclic amines) is 1. The van der Waals surface area contributed by atoms with Gasteiger partial charge in [0, 0.05) is 29.6 Å². The fourth-order valence-corrected chi connectivity index (χ4v) is 3.85. The van der Waals surface area contributed by atoms with E-state index in [1.54, 1.807) is 0 Å². The van der Waals surface area contributed by atoms with Gasteiger partial charge in [-0.3, -0.25) is 9.29 Å². The highest BCUT2D eigenvalue weighted by Crippen LogP contribution is 2.60. The van der Waals surface area contributed by atoms with Crippen molar-refractivity contribution in [2.24, 2.45) is 5.41 Å². The highest BCUT2D eigenvalue weighted by Gasteiger charge is 2.64. The van der Waals surface area contributed by atoms with Gasteiger partial charge in [0.2, 0.25) is 0 Å². The van der Waals surface area contributed by atoms with Crippen LogP contribution in [-0.4, -0.2) is 42.3 Å². The molecular formula is C14H27FN2. The van der Waals surface area contributed by atoms with Gasteiger partial charge in [0.05, 0.1) is 6.67 Å². The van der Waals surface area contributed by atoms with Gasteiger partial charge in [0.25, 0.3) is 0 Å². The Kier molecular flexibility index (Phi) is 3.52. The van der Waals surface area contributed by atoms with Crippen LogP contribution in [0, 0.1) is 5.41 Å². The lowest BCUT2D eigenvalue weighted by Gasteiger charge is -2.37. The van der Waals surface area contributed by atoms with Gasteiger partial charge >= 0.3 is 0 Å². The van der Waals surface area contributed by atoms with E-state index < -0.39 is 0 Å². The summed E-state index contributed by atoms with van der Waals surface area (Å²) < 4.78 is 12.0. The van der Waals surface area contributed by atoms with Gasteiger partial charge in [-0.2, -0.15) is 0 Å². The molecule has 2 nitrogen and oxygen atoms in total. The van der Waals surface area contributed by atoms with Crippen LogP contribution in [0.1, 0.15) is 47.0 Å². The first-order valence-electron chi connectivity index (χ1n) is 6.96. The predicted molar refractivity (Wildman–Crippen MR) is 70.0 cm³/mol. The molecule has 0 unspecified atom stereocenters. The molecule has 1 saturated carbocycles. The molecule has 2 fully saturated rings. The van der Waals surface area contributed by atoms with E-state index in [4.69, 9.17) is 0 Å². The van der Waals surface area contributed by atoms with Crippen LogP contribution in [0.4, 0.5) is 4.39 Å². The topological polar surface area (TPSA) is 15.3 Å². The molecule has 1 aliphatic carbocycles. The molecule has 0 bridgehead atoms. The summed E-state index contributed by atoms with van der Waals surface area (Å²) in [5.74, 6) is 0. The molecule has 2 rings (SSSR count). The van der Waals surface area contributed by atoms with E-state index in [9.17, 15) is 4.39 Å². The Bertz CT molecular complexity index is 274. The van der Waals surface area contributed by atoms with Gasteiger partial charge in [0.1, 0.15) is 0 Å². The largest absolute Gasteiger partial charge is 0.316 e. The smallest absolute Gasteiger partial charge is 0.0906 e. The second kappa shape index (κ2) is 4.51. The molecule has 0 aromatic rings. The minimum atomic E-state index is -0.200. The summed E-state index contributed by atoms with van der Waals surface area (Å²) in [7, 11) is 0. The highest BCUT2D eigenvalue weighted by atomic mass is 19.1. The summed E-state index contributed by atoms with van der Waals surface area (Å²) >= 11 is 0. The molecule has 1 N–H and O–H groups in total. The molecule has 0 spiro atoms. The zero-order valence-electron chi connectivity index (χ0n) is 11.7. The van der Waals surface area contributed by atoms with Gasteiger partial charge in [0.15, 0.2) is 0 Å². The number of hydrogen-bond donors (Lipinski definition) is 1. The monoisotopic (exact) mass is 242 g/mol. The third-order valence-electron chi connectivity index (χ3n) is 4.40. The van der Waals surface area contributed by atoms with Gasteiger partial charge in [-0.05, 0) is 53.5 Å². The molecule has 0 aromatic carbocycles. The van der Waals surface area contributed by atoms with Crippen molar-refractivity contribution in [3.8, 4) is 0 Å². The Labute approximate surface area is 105 Å². The van der Waals surface area contributed by atoms with Crippen LogP contribution in [0.5, 0.6) is 0 Å². The maximum absolute atomic E-state index is 12.0. The van der Waals surface area contributed by atoms with E-state index in [0.717, 1.165) is 19.1 Å². The van der Waals surface area contributed by atoms with Crippen molar-refractivity contribution in [2.75, 3.05) is 19.8 Å². The van der Waals surface area contributed by atoms with Crippen LogP contribution < -0.4 is 5.32 Å². The summed E-state index contributed by atoms with van der Waals surface area (Å²) in [6, 6.07) is 1.45. The van der Waals surface area contributed by atoms with Crippen molar-refractivity contribution < 1.29 is 4.39 Å². The van der Waals surface area contributed by atoms with E-state index in [1.165, 1.54) is 12.8 Å². The molecule has 3 atom stereocenters. The fraction of sp³-hybridized carbons (Fsp3) is 1.00. The Morgan fingerprint density at radius 3 is 2.59 bits per heavy atom. The Balaban J connectivity index is 1.86. The van der Waals surface area contributed by atoms with E-state index in [2.05, 4.69) is 37.9 Å². The third kappa shape index (κ3) is 2.50. The molecule has 1 aliphatic heterocycles. The molecular weight excluding hydrogens is 215 g/mol. The molecule has 17 heavy (non-hydrogen) atoms. The van der Waals surface area contributed by atoms with Gasteiger partial charge in [-0.1, -0.05) is 0 Å². The Hall–Kier alpha value is -0.150. The van der Waals surface area contributed by atoms with Crippen molar-refractivity contribution in [1.29, 1.82) is 0 Å². The molecule has 100 valence electrons. The summed E-state index contributed by atoms with van der Waals surface area (Å²) in [5.41, 5.74) is 0.782. The van der Waals surface area contributed by atoms with Crippen LogP contribution in [0.3, 0.4) is 0 Å². The fourth-order valence-electron chi connectivity index (χ4n) is 3.85. The number of nitrogens with one attached hydrogen (secondary N) is 1. The normalized spacial score (nSPS) is 37.2. The third-order valence-corrected chi connectivity index (χ3v) is 4.40. The van der Waals surface area contributed by atoms with Crippen LogP contribution in [0.2, 0.25) is 0 Å². The van der Waals surface area contributed by atoms with Crippen molar-refractivity contribution in [3.05, 3.63) is 0 Å². The van der Waals surface area contributed by atoms with Crippen molar-refractivity contribution in [2.45, 2.75) is 64.6 Å². The minimum Gasteiger partial charge on any atom is -0.316 e. The molecule has 0 amide bonds. The quantitative estimate of drug-likeness (QED) is 0.746. The lowest BCUT2D eigenvalue weighted by atomic mass is 9.99. The molecule has 1 saturated heterocycles. The first-order chi connectivity index (χ1) is 7.91. The summed E-state index contributed by atoms with van der Waals surface area (Å²) in [5, 5.41) is 3.44. The molecule has 3 heteroatoms. The number of rotatable bonds is 5. The Morgan fingerprint density at radius 2 is 2.06 bits per heavy atom. The van der Waals surface area contributed by atoms with Crippen molar-refractivity contribution in [3.63, 3.8) is 0 Å². The van der Waals surface area contributed by atoms with Gasteiger partial charge in [-0.25, -0.2) is 0 Å². The van der Waals surface area contributed by atoms with E-state index in [0.29, 0.717) is 17.9 Å². The van der Waals surface area contributed by atoms with E-state index in [1.807, 2.05) is 0 Å². The summed E-state index contributed by atoms with van der Waals surface area (Å²) in [4.78, 5) is 2.68. The summed E-state index contributed by atoms with van der Waals surface area (Å²) in [6.07, 6.45) is 3.29. The second-order valence-corrected chi connectivity index (χ2v) is 6.93. The van der Waals surface area contributed by atoms with Crippen LogP contribution in [-0.2, 0) is 0 Å². The van der Waals surface area contributed by atoms with E-state index >= 15 is 0 Å². The number of nitrogens with zero attached hydrogens (tertiary/aromatic N) is 1. The van der Waals surface area contributed by atoms with Crippen molar-refractivity contribution in [1.82, 2.24) is 10.2 Å². The number of hydrogen-bond acceptors (Lipinski definition) is 2. The standard InChI is InChI=1S/C14H27FN2/c1-11-8-14(10-16-7-5-6-15)9-12(14)17(11)13(2,3)4/h11-12,16H,5-10H2,1-4H3/t11-,12-,14+/m1/s1. The highest BCUT2D eigenvalue weighted by molar-refractivity contribution is 5.19. The molecule has 0 aromatic heterocycles. The number of alkyl halides is 1. The second-order valence-electron chi connectivity index (χ2n) is 6.93. The zero-order chi connectivity index (χ0) is 12.7. The minimum absolute atomic E-state index is 0.200. The molecule has 2 aliphatic rings. The van der Waals surface area contributed by atoms with Crippen LogP contribution in [0.25, 0.3) is 0 Å². The van der Waals surface area contributed by atoms with Crippen molar-refractivity contribution >= 4 is 0 Å². The Morgan fingerprint density at radius 1 is 1.35 bits per heavy atom. The predicted octanol–water partition coefficient (Wildman–Crippen LogP) is 2.59. The van der Waals surface area contributed by atoms with Crippen LogP contribution >= 0.6 is 0 Å². The first kappa shape index (κ1) is 13.3. The molecule has 1 heterocycles. The zero-order valence-corrected chi connectivity index (χ0v) is 11.7.